The predicted molar refractivity (Wildman–Crippen MR) is 98.2 cm³/mol. The number of allylic oxidation sites excluding steroid dienone is 1. The molecule has 4 aliphatic carbocycles. The van der Waals surface area contributed by atoms with Crippen LogP contribution in [-0.4, -0.2) is 5.78 Å². The van der Waals surface area contributed by atoms with Crippen molar-refractivity contribution in [2.75, 3.05) is 0 Å². The fourth-order valence-electron chi connectivity index (χ4n) is 7.54. The molecule has 130 valence electrons. The van der Waals surface area contributed by atoms with Gasteiger partial charge in [0.05, 0.1) is 0 Å². The lowest BCUT2D eigenvalue weighted by atomic mass is 9.46. The average Bonchev–Trinajstić information content (AvgIpc) is 2.92. The van der Waals surface area contributed by atoms with Gasteiger partial charge in [0.1, 0.15) is 0 Å². The highest BCUT2D eigenvalue weighted by Crippen LogP contribution is 2.67. The number of hydrogen-bond acceptors (Lipinski definition) is 1. The second-order valence-electron chi connectivity index (χ2n) is 9.65. The highest BCUT2D eigenvalue weighted by atomic mass is 16.1. The Bertz CT molecular complexity index is 622. The monoisotopic (exact) mass is 324 g/mol. The minimum absolute atomic E-state index is 0.300. The zero-order chi connectivity index (χ0) is 17.1. The molecule has 3 fully saturated rings. The molecule has 0 radical (unpaired) electrons. The summed E-state index contributed by atoms with van der Waals surface area (Å²) >= 11 is 0. The van der Waals surface area contributed by atoms with E-state index in [0.717, 1.165) is 37.0 Å². The first kappa shape index (κ1) is 16.4. The molecule has 4 aliphatic rings. The molecule has 0 aromatic heterocycles. The van der Waals surface area contributed by atoms with E-state index < -0.39 is 0 Å². The standard InChI is InChI=1S/C23H32O/c1-5-15(2)19-8-9-20-18-7-6-16-14-17(24)10-12-22(16,3)21(18)11-13-23(19,20)4/h1,14-15,18-21H,6-13H2,2-4H3/t15-,18+,19-,20+,21+,22+,23-/m1/s1. The van der Waals surface area contributed by atoms with Crippen molar-refractivity contribution in [3.8, 4) is 12.3 Å². The van der Waals surface area contributed by atoms with E-state index in [0.29, 0.717) is 28.4 Å². The molecule has 0 unspecified atom stereocenters. The van der Waals surface area contributed by atoms with E-state index >= 15 is 0 Å². The molecule has 3 saturated carbocycles. The molecule has 0 heterocycles. The summed E-state index contributed by atoms with van der Waals surface area (Å²) in [4.78, 5) is 11.9. The molecule has 0 aromatic carbocycles. The van der Waals surface area contributed by atoms with Crippen LogP contribution in [0.15, 0.2) is 11.6 Å². The first-order valence-corrected chi connectivity index (χ1v) is 10.1. The molecular formula is C23H32O. The zero-order valence-corrected chi connectivity index (χ0v) is 15.6. The lowest BCUT2D eigenvalue weighted by Crippen LogP contribution is -2.50. The third kappa shape index (κ3) is 2.11. The lowest BCUT2D eigenvalue weighted by Gasteiger charge is -2.58. The van der Waals surface area contributed by atoms with Crippen molar-refractivity contribution in [3.63, 3.8) is 0 Å². The Morgan fingerprint density at radius 3 is 2.67 bits per heavy atom. The van der Waals surface area contributed by atoms with Gasteiger partial charge in [0.15, 0.2) is 5.78 Å². The summed E-state index contributed by atoms with van der Waals surface area (Å²) in [6.07, 6.45) is 17.5. The second kappa shape index (κ2) is 5.48. The van der Waals surface area contributed by atoms with Gasteiger partial charge in [0.2, 0.25) is 0 Å². The van der Waals surface area contributed by atoms with Crippen LogP contribution in [-0.2, 0) is 4.79 Å². The van der Waals surface area contributed by atoms with E-state index in [1.54, 1.807) is 0 Å². The van der Waals surface area contributed by atoms with E-state index in [4.69, 9.17) is 6.42 Å². The number of hydrogen-bond donors (Lipinski definition) is 0. The van der Waals surface area contributed by atoms with Crippen LogP contribution in [0, 0.1) is 52.8 Å². The fraction of sp³-hybridized carbons (Fsp3) is 0.783. The molecular weight excluding hydrogens is 292 g/mol. The molecule has 0 amide bonds. The summed E-state index contributed by atoms with van der Waals surface area (Å²) < 4.78 is 0. The maximum absolute atomic E-state index is 11.9. The summed E-state index contributed by atoms with van der Waals surface area (Å²) in [6.45, 7) is 7.29. The summed E-state index contributed by atoms with van der Waals surface area (Å²) in [7, 11) is 0. The van der Waals surface area contributed by atoms with Gasteiger partial charge in [0.25, 0.3) is 0 Å². The third-order valence-electron chi connectivity index (χ3n) is 8.90. The van der Waals surface area contributed by atoms with Gasteiger partial charge in [-0.15, -0.1) is 12.3 Å². The number of terminal acetylenes is 1. The van der Waals surface area contributed by atoms with E-state index in [2.05, 4.69) is 26.7 Å². The van der Waals surface area contributed by atoms with Gasteiger partial charge in [-0.3, -0.25) is 4.79 Å². The van der Waals surface area contributed by atoms with Crippen LogP contribution in [0.1, 0.15) is 72.1 Å². The summed E-state index contributed by atoms with van der Waals surface area (Å²) in [5.74, 6) is 7.05. The number of ketones is 1. The van der Waals surface area contributed by atoms with Gasteiger partial charge < -0.3 is 0 Å². The van der Waals surface area contributed by atoms with Crippen LogP contribution in [0.5, 0.6) is 0 Å². The Hall–Kier alpha value is -1.03. The van der Waals surface area contributed by atoms with Crippen LogP contribution in [0.25, 0.3) is 0 Å². The Morgan fingerprint density at radius 2 is 1.92 bits per heavy atom. The van der Waals surface area contributed by atoms with Crippen molar-refractivity contribution in [1.29, 1.82) is 0 Å². The second-order valence-corrected chi connectivity index (χ2v) is 9.65. The smallest absolute Gasteiger partial charge is 0.155 e. The number of carbonyl (C=O) groups excluding carboxylic acids is 1. The fourth-order valence-corrected chi connectivity index (χ4v) is 7.54. The summed E-state index contributed by atoms with van der Waals surface area (Å²) in [6, 6.07) is 0. The van der Waals surface area contributed by atoms with E-state index in [1.165, 1.54) is 37.7 Å². The van der Waals surface area contributed by atoms with Gasteiger partial charge >= 0.3 is 0 Å². The molecule has 0 N–H and O–H groups in total. The summed E-state index contributed by atoms with van der Waals surface area (Å²) in [5.41, 5.74) is 2.23. The van der Waals surface area contributed by atoms with Crippen molar-refractivity contribution in [2.24, 2.45) is 40.4 Å². The molecule has 1 nitrogen and oxygen atoms in total. The van der Waals surface area contributed by atoms with Gasteiger partial charge in [-0.1, -0.05) is 26.3 Å². The van der Waals surface area contributed by atoms with Crippen molar-refractivity contribution in [1.82, 2.24) is 0 Å². The average molecular weight is 325 g/mol. The van der Waals surface area contributed by atoms with Gasteiger partial charge in [0, 0.05) is 12.3 Å². The van der Waals surface area contributed by atoms with Crippen LogP contribution >= 0.6 is 0 Å². The number of fused-ring (bicyclic) bond motifs is 5. The van der Waals surface area contributed by atoms with Crippen LogP contribution < -0.4 is 0 Å². The van der Waals surface area contributed by atoms with E-state index in [-0.39, 0.29) is 0 Å². The largest absolute Gasteiger partial charge is 0.295 e. The zero-order valence-electron chi connectivity index (χ0n) is 15.6. The first-order valence-electron chi connectivity index (χ1n) is 10.1. The van der Waals surface area contributed by atoms with E-state index in [9.17, 15) is 4.79 Å². The molecule has 24 heavy (non-hydrogen) atoms. The van der Waals surface area contributed by atoms with E-state index in [1.807, 2.05) is 6.08 Å². The molecule has 0 spiro atoms. The number of carbonyl (C=O) groups is 1. The minimum atomic E-state index is 0.300. The quantitative estimate of drug-likeness (QED) is 0.590. The maximum Gasteiger partial charge on any atom is 0.155 e. The molecule has 0 bridgehead atoms. The van der Waals surface area contributed by atoms with Gasteiger partial charge in [-0.2, -0.15) is 0 Å². The predicted octanol–water partition coefficient (Wildman–Crippen LogP) is 5.40. The molecule has 0 aromatic rings. The van der Waals surface area contributed by atoms with Gasteiger partial charge in [-0.25, -0.2) is 0 Å². The molecule has 7 atom stereocenters. The van der Waals surface area contributed by atoms with Gasteiger partial charge in [-0.05, 0) is 85.5 Å². The molecule has 0 aliphatic heterocycles. The first-order chi connectivity index (χ1) is 11.4. The maximum atomic E-state index is 11.9. The lowest BCUT2D eigenvalue weighted by molar-refractivity contribution is -0.117. The minimum Gasteiger partial charge on any atom is -0.295 e. The van der Waals surface area contributed by atoms with Crippen LogP contribution in [0.3, 0.4) is 0 Å². The molecule has 0 saturated heterocycles. The SMILES string of the molecule is C#C[C@@H](C)[C@H]1CC[C@H]2[C@@H]3CCC4=CC(=O)CC[C@]4(C)[C@H]3CC[C@]12C. The highest BCUT2D eigenvalue weighted by Gasteiger charge is 2.59. The van der Waals surface area contributed by atoms with Crippen molar-refractivity contribution < 1.29 is 4.79 Å². The molecule has 4 rings (SSSR count). The number of rotatable bonds is 1. The Balaban J connectivity index is 1.65. The van der Waals surface area contributed by atoms with Crippen molar-refractivity contribution in [2.45, 2.75) is 72.1 Å². The normalized spacial score (nSPS) is 48.6. The Kier molecular flexibility index (Phi) is 3.76. The van der Waals surface area contributed by atoms with Crippen molar-refractivity contribution in [3.05, 3.63) is 11.6 Å². The topological polar surface area (TPSA) is 17.1 Å². The Labute approximate surface area is 147 Å². The van der Waals surface area contributed by atoms with Crippen molar-refractivity contribution >= 4 is 5.78 Å². The summed E-state index contributed by atoms with van der Waals surface area (Å²) in [5, 5.41) is 0. The Morgan fingerprint density at radius 1 is 1.12 bits per heavy atom. The third-order valence-corrected chi connectivity index (χ3v) is 8.90. The van der Waals surface area contributed by atoms with Crippen LogP contribution in [0.4, 0.5) is 0 Å². The van der Waals surface area contributed by atoms with Crippen LogP contribution in [0.2, 0.25) is 0 Å². The molecule has 1 heteroatoms. The highest BCUT2D eigenvalue weighted by molar-refractivity contribution is 5.91.